The van der Waals surface area contributed by atoms with Crippen molar-refractivity contribution in [1.29, 1.82) is 0 Å². The number of hydrogen-bond donors (Lipinski definition) is 2. The first-order valence-electron chi connectivity index (χ1n) is 8.78. The van der Waals surface area contributed by atoms with E-state index in [0.717, 1.165) is 33.3 Å². The minimum atomic E-state index is -0.0608. The normalized spacial score (nSPS) is 12.2. The number of H-pyrrole nitrogens is 1. The Labute approximate surface area is 152 Å². The third-order valence-electron chi connectivity index (χ3n) is 4.69. The summed E-state index contributed by atoms with van der Waals surface area (Å²) < 4.78 is 5.97. The Kier molecular flexibility index (Phi) is 4.71. The molecule has 0 saturated heterocycles. The molecule has 26 heavy (non-hydrogen) atoms. The Morgan fingerprint density at radius 3 is 2.35 bits per heavy atom. The number of hydrogen-bond acceptors (Lipinski definition) is 2. The van der Waals surface area contributed by atoms with E-state index in [1.54, 1.807) is 0 Å². The maximum Gasteiger partial charge on any atom is 0.120 e. The summed E-state index contributed by atoms with van der Waals surface area (Å²) in [7, 11) is 0. The average molecular weight is 343 g/mol. The highest BCUT2D eigenvalue weighted by Crippen LogP contribution is 2.32. The van der Waals surface area contributed by atoms with Crippen LogP contribution in [0.15, 0.2) is 85.1 Å². The second kappa shape index (κ2) is 7.46. The quantitative estimate of drug-likeness (QED) is 0.524. The number of fused-ring (bicyclic) bond motifs is 1. The van der Waals surface area contributed by atoms with Gasteiger partial charge in [-0.2, -0.15) is 0 Å². The molecule has 1 aromatic heterocycles. The van der Waals surface area contributed by atoms with E-state index in [1.165, 1.54) is 0 Å². The highest BCUT2D eigenvalue weighted by molar-refractivity contribution is 5.85. The van der Waals surface area contributed by atoms with E-state index in [0.29, 0.717) is 6.61 Å². The molecule has 0 amide bonds. The number of rotatable bonds is 6. The van der Waals surface area contributed by atoms with Crippen molar-refractivity contribution in [2.75, 3.05) is 6.61 Å². The summed E-state index contributed by atoms with van der Waals surface area (Å²) in [5.74, 6) is 0.765. The minimum absolute atomic E-state index is 0.0608. The van der Waals surface area contributed by atoms with Crippen LogP contribution in [0.4, 0.5) is 0 Å². The van der Waals surface area contributed by atoms with Gasteiger partial charge in [0.25, 0.3) is 0 Å². The number of nitrogens with one attached hydrogen (secondary N) is 1. The molecule has 0 bridgehead atoms. The van der Waals surface area contributed by atoms with Crippen molar-refractivity contribution in [3.63, 3.8) is 0 Å². The van der Waals surface area contributed by atoms with Crippen LogP contribution in [0.5, 0.6) is 5.75 Å². The molecular weight excluding hydrogens is 322 g/mol. The first-order valence-corrected chi connectivity index (χ1v) is 8.78. The Hall–Kier alpha value is -3.04. The van der Waals surface area contributed by atoms with Crippen molar-refractivity contribution in [1.82, 2.24) is 4.98 Å². The Bertz CT molecular complexity index is 977. The summed E-state index contributed by atoms with van der Waals surface area (Å²) in [5.41, 5.74) is 4.37. The van der Waals surface area contributed by atoms with Gasteiger partial charge in [0.05, 0.1) is 6.61 Å². The van der Waals surface area contributed by atoms with Crippen LogP contribution in [0.2, 0.25) is 0 Å². The molecule has 0 spiro atoms. The maximum atomic E-state index is 9.99. The Morgan fingerprint density at radius 1 is 0.885 bits per heavy atom. The summed E-state index contributed by atoms with van der Waals surface area (Å²) in [4.78, 5) is 3.31. The topological polar surface area (TPSA) is 45.2 Å². The van der Waals surface area contributed by atoms with E-state index in [-0.39, 0.29) is 12.5 Å². The van der Waals surface area contributed by atoms with Crippen LogP contribution < -0.4 is 4.74 Å². The van der Waals surface area contributed by atoms with Crippen LogP contribution in [0.1, 0.15) is 22.6 Å². The molecule has 130 valence electrons. The number of aromatic amines is 1. The molecule has 0 unspecified atom stereocenters. The molecule has 0 saturated carbocycles. The number of aliphatic hydroxyl groups is 1. The molecule has 4 aromatic rings. The van der Waals surface area contributed by atoms with Gasteiger partial charge in [0.1, 0.15) is 12.4 Å². The van der Waals surface area contributed by atoms with E-state index in [9.17, 15) is 5.11 Å². The van der Waals surface area contributed by atoms with E-state index >= 15 is 0 Å². The van der Waals surface area contributed by atoms with Crippen molar-refractivity contribution in [3.8, 4) is 5.75 Å². The van der Waals surface area contributed by atoms with E-state index in [4.69, 9.17) is 4.74 Å². The Balaban J connectivity index is 1.64. The fraction of sp³-hybridized carbons (Fsp3) is 0.130. The number of aromatic nitrogens is 1. The number of aliphatic hydroxyl groups excluding tert-OH is 1. The zero-order chi connectivity index (χ0) is 17.8. The predicted molar refractivity (Wildman–Crippen MR) is 104 cm³/mol. The van der Waals surface area contributed by atoms with Gasteiger partial charge in [-0.25, -0.2) is 0 Å². The van der Waals surface area contributed by atoms with E-state index in [2.05, 4.69) is 35.3 Å². The van der Waals surface area contributed by atoms with Crippen LogP contribution in [0.3, 0.4) is 0 Å². The largest absolute Gasteiger partial charge is 0.489 e. The van der Waals surface area contributed by atoms with Gasteiger partial charge in [-0.15, -0.1) is 0 Å². The molecule has 3 nitrogen and oxygen atoms in total. The smallest absolute Gasteiger partial charge is 0.120 e. The first kappa shape index (κ1) is 16.4. The first-order chi connectivity index (χ1) is 12.8. The molecule has 3 aromatic carbocycles. The molecule has 4 rings (SSSR count). The average Bonchev–Trinajstić information content (AvgIpc) is 3.12. The lowest BCUT2D eigenvalue weighted by Crippen LogP contribution is -2.05. The fourth-order valence-electron chi connectivity index (χ4n) is 3.31. The van der Waals surface area contributed by atoms with E-state index in [1.807, 2.05) is 54.7 Å². The van der Waals surface area contributed by atoms with Crippen molar-refractivity contribution in [3.05, 3.63) is 102 Å². The van der Waals surface area contributed by atoms with Gasteiger partial charge < -0.3 is 14.8 Å². The van der Waals surface area contributed by atoms with Crippen LogP contribution in [-0.4, -0.2) is 16.7 Å². The van der Waals surface area contributed by atoms with Crippen molar-refractivity contribution in [2.45, 2.75) is 12.5 Å². The molecule has 0 aliphatic heterocycles. The summed E-state index contributed by atoms with van der Waals surface area (Å²) in [5, 5.41) is 11.1. The molecule has 0 aliphatic carbocycles. The van der Waals surface area contributed by atoms with Crippen LogP contribution in [0, 0.1) is 0 Å². The van der Waals surface area contributed by atoms with Gasteiger partial charge in [-0.05, 0) is 34.9 Å². The highest BCUT2D eigenvalue weighted by Gasteiger charge is 2.17. The molecule has 0 fully saturated rings. The van der Waals surface area contributed by atoms with Gasteiger partial charge in [0.15, 0.2) is 0 Å². The standard InChI is InChI=1S/C23H21NO2/c25-15-22(18-9-5-2-6-10-18)21-14-24-23-12-11-19(13-20(21)23)26-16-17-7-3-1-4-8-17/h1-14,22,24-25H,15-16H2/t22-/m1/s1. The summed E-state index contributed by atoms with van der Waals surface area (Å²) in [6.07, 6.45) is 1.99. The molecule has 2 N–H and O–H groups in total. The molecule has 0 aliphatic rings. The second-order valence-corrected chi connectivity index (χ2v) is 6.37. The number of benzene rings is 3. The SMILES string of the molecule is OC[C@H](c1ccccc1)c1c[nH]c2ccc(OCc3ccccc3)cc12. The maximum absolute atomic E-state index is 9.99. The van der Waals surface area contributed by atoms with Gasteiger partial charge in [0.2, 0.25) is 0 Å². The monoisotopic (exact) mass is 343 g/mol. The molecule has 1 heterocycles. The van der Waals surface area contributed by atoms with Crippen LogP contribution in [-0.2, 0) is 6.61 Å². The molecule has 1 atom stereocenters. The minimum Gasteiger partial charge on any atom is -0.489 e. The van der Waals surface area contributed by atoms with Crippen LogP contribution >= 0.6 is 0 Å². The predicted octanol–water partition coefficient (Wildman–Crippen LogP) is 4.87. The van der Waals surface area contributed by atoms with Gasteiger partial charge in [-0.3, -0.25) is 0 Å². The zero-order valence-electron chi connectivity index (χ0n) is 14.4. The third kappa shape index (κ3) is 3.35. The van der Waals surface area contributed by atoms with Gasteiger partial charge in [0, 0.05) is 23.0 Å². The molecular formula is C23H21NO2. The van der Waals surface area contributed by atoms with Crippen molar-refractivity contribution >= 4 is 10.9 Å². The van der Waals surface area contributed by atoms with Gasteiger partial charge >= 0.3 is 0 Å². The third-order valence-corrected chi connectivity index (χ3v) is 4.69. The highest BCUT2D eigenvalue weighted by atomic mass is 16.5. The fourth-order valence-corrected chi connectivity index (χ4v) is 3.31. The Morgan fingerprint density at radius 2 is 1.62 bits per heavy atom. The summed E-state index contributed by atoms with van der Waals surface area (Å²) in [6, 6.07) is 26.3. The lowest BCUT2D eigenvalue weighted by Gasteiger charge is -2.14. The summed E-state index contributed by atoms with van der Waals surface area (Å²) in [6.45, 7) is 0.598. The lowest BCUT2D eigenvalue weighted by atomic mass is 9.92. The summed E-state index contributed by atoms with van der Waals surface area (Å²) >= 11 is 0. The van der Waals surface area contributed by atoms with Crippen molar-refractivity contribution < 1.29 is 9.84 Å². The number of ether oxygens (including phenoxy) is 1. The molecule has 3 heteroatoms. The second-order valence-electron chi connectivity index (χ2n) is 6.37. The van der Waals surface area contributed by atoms with Gasteiger partial charge in [-0.1, -0.05) is 60.7 Å². The van der Waals surface area contributed by atoms with E-state index < -0.39 is 0 Å². The zero-order valence-corrected chi connectivity index (χ0v) is 14.4. The molecule has 0 radical (unpaired) electrons. The van der Waals surface area contributed by atoms with Crippen LogP contribution in [0.25, 0.3) is 10.9 Å². The van der Waals surface area contributed by atoms with Crippen molar-refractivity contribution in [2.24, 2.45) is 0 Å². The lowest BCUT2D eigenvalue weighted by molar-refractivity contribution is 0.281.